The summed E-state index contributed by atoms with van der Waals surface area (Å²) in [7, 11) is 0. The van der Waals surface area contributed by atoms with Crippen LogP contribution in [0.4, 0.5) is 24.0 Å². The number of ether oxygens (including phenoxy) is 5. The summed E-state index contributed by atoms with van der Waals surface area (Å²) >= 11 is 0. The number of guanidine groups is 2. The summed E-state index contributed by atoms with van der Waals surface area (Å²) in [6.45, 7) is 25.7. The molecular formula is C36H66N8O11. The van der Waals surface area contributed by atoms with E-state index >= 15 is 0 Å². The minimum atomic E-state index is -1.02. The van der Waals surface area contributed by atoms with Gasteiger partial charge in [-0.25, -0.2) is 24.0 Å². The van der Waals surface area contributed by atoms with Crippen molar-refractivity contribution in [1.29, 1.82) is 0 Å². The predicted molar refractivity (Wildman–Crippen MR) is 207 cm³/mol. The maximum Gasteiger partial charge on any atom is 0.414 e. The number of carbonyl (C=O) groups excluding carboxylic acids is 6. The van der Waals surface area contributed by atoms with Crippen LogP contribution in [0.25, 0.3) is 0 Å². The van der Waals surface area contributed by atoms with Gasteiger partial charge in [-0.2, -0.15) is 0 Å². The molecule has 0 radical (unpaired) electrons. The van der Waals surface area contributed by atoms with Gasteiger partial charge < -0.3 is 34.3 Å². The van der Waals surface area contributed by atoms with E-state index in [1.165, 1.54) is 0 Å². The van der Waals surface area contributed by atoms with Crippen LogP contribution in [0.2, 0.25) is 0 Å². The molecule has 55 heavy (non-hydrogen) atoms. The smallest absolute Gasteiger partial charge is 0.414 e. The number of hydrogen-bond acceptors (Lipinski definition) is 13. The van der Waals surface area contributed by atoms with Crippen molar-refractivity contribution in [2.75, 3.05) is 19.6 Å². The van der Waals surface area contributed by atoms with Crippen molar-refractivity contribution in [2.45, 2.75) is 164 Å². The van der Waals surface area contributed by atoms with E-state index in [4.69, 9.17) is 23.7 Å². The van der Waals surface area contributed by atoms with E-state index in [0.29, 0.717) is 12.8 Å². The number of nitrogens with one attached hydrogen (secondary N) is 6. The Balaban J connectivity index is 5.61. The molecule has 0 heterocycles. The van der Waals surface area contributed by atoms with Crippen molar-refractivity contribution in [1.82, 2.24) is 31.9 Å². The summed E-state index contributed by atoms with van der Waals surface area (Å²) in [6.07, 6.45) is -2.92. The zero-order chi connectivity index (χ0) is 42.8. The van der Waals surface area contributed by atoms with Crippen molar-refractivity contribution in [3.63, 3.8) is 0 Å². The molecule has 0 aromatic rings. The zero-order valence-electron chi connectivity index (χ0n) is 35.4. The van der Waals surface area contributed by atoms with E-state index in [-0.39, 0.29) is 44.4 Å². The minimum Gasteiger partial charge on any atom is -0.444 e. The van der Waals surface area contributed by atoms with E-state index in [9.17, 15) is 28.8 Å². The van der Waals surface area contributed by atoms with Crippen molar-refractivity contribution in [2.24, 2.45) is 9.98 Å². The van der Waals surface area contributed by atoms with E-state index in [1.54, 1.807) is 104 Å². The largest absolute Gasteiger partial charge is 0.444 e. The fourth-order valence-corrected chi connectivity index (χ4v) is 3.79. The molecule has 0 aromatic carbocycles. The standard InChI is InChI=1S/C36H66N8O11/c1-32(2,3)51-27(46)40-23(19-18-22-39-26(43-30(49)54-35(10,11)12)44-31(50)55-36(13,14)15)24(45)37-20-16-17-21-38-25(41-28(47)52-33(4,5)6)42-29(48)53-34(7,8)9/h23H,16-22H2,1-15H3,(H,37,45)(H,40,46)(H2,38,41,42,47,48)(H2,39,43,44,49,50). The Bertz CT molecular complexity index is 1300. The molecule has 316 valence electrons. The summed E-state index contributed by atoms with van der Waals surface area (Å²) in [4.78, 5) is 83.8. The van der Waals surface area contributed by atoms with Crippen molar-refractivity contribution >= 4 is 48.3 Å². The number of unbranched alkanes of at least 4 members (excludes halogenated alkanes) is 1. The summed E-state index contributed by atoms with van der Waals surface area (Å²) < 4.78 is 26.4. The second-order valence-corrected chi connectivity index (χ2v) is 17.3. The number of hydrogen-bond donors (Lipinski definition) is 6. The maximum atomic E-state index is 13.2. The Morgan fingerprint density at radius 1 is 0.455 bits per heavy atom. The monoisotopic (exact) mass is 786 g/mol. The van der Waals surface area contributed by atoms with Crippen LogP contribution < -0.4 is 31.9 Å². The SMILES string of the molecule is CC(C)(C)OC(=O)NC(=NCCCCNC(=O)C(CCCN=C(NC(=O)OC(C)(C)C)NC(=O)OC(C)(C)C)NC(=O)OC(C)(C)C)NC(=O)OC(C)(C)C. The maximum absolute atomic E-state index is 13.2. The van der Waals surface area contributed by atoms with Gasteiger partial charge in [-0.3, -0.25) is 36.0 Å². The average Bonchev–Trinajstić information content (AvgIpc) is 2.90. The van der Waals surface area contributed by atoms with Gasteiger partial charge in [0.2, 0.25) is 17.8 Å². The first-order valence-electron chi connectivity index (χ1n) is 18.2. The molecule has 0 aliphatic heterocycles. The van der Waals surface area contributed by atoms with Crippen molar-refractivity contribution < 1.29 is 52.5 Å². The molecule has 0 fully saturated rings. The Labute approximate surface area is 325 Å². The normalized spacial score (nSPS) is 12.4. The van der Waals surface area contributed by atoms with Gasteiger partial charge in [0.1, 0.15) is 34.0 Å². The fourth-order valence-electron chi connectivity index (χ4n) is 3.79. The van der Waals surface area contributed by atoms with Crippen molar-refractivity contribution in [3.8, 4) is 0 Å². The molecule has 0 aromatic heterocycles. The first kappa shape index (κ1) is 50.2. The van der Waals surface area contributed by atoms with Crippen LogP contribution >= 0.6 is 0 Å². The van der Waals surface area contributed by atoms with Gasteiger partial charge in [0.25, 0.3) is 0 Å². The highest BCUT2D eigenvalue weighted by atomic mass is 16.6. The molecule has 6 N–H and O–H groups in total. The lowest BCUT2D eigenvalue weighted by Crippen LogP contribution is -2.48. The molecule has 0 aliphatic carbocycles. The average molecular weight is 787 g/mol. The highest BCUT2D eigenvalue weighted by Gasteiger charge is 2.26. The van der Waals surface area contributed by atoms with Crippen LogP contribution in [-0.2, 0) is 28.5 Å². The summed E-state index contributed by atoms with van der Waals surface area (Å²) in [5.41, 5.74) is -4.03. The van der Waals surface area contributed by atoms with E-state index in [1.807, 2.05) is 0 Å². The molecule has 19 heteroatoms. The summed E-state index contributed by atoms with van der Waals surface area (Å²) in [6, 6.07) is -1.02. The van der Waals surface area contributed by atoms with E-state index in [0.717, 1.165) is 0 Å². The highest BCUT2D eigenvalue weighted by Crippen LogP contribution is 2.11. The minimum absolute atomic E-state index is 0.0235. The third kappa shape index (κ3) is 30.2. The molecule has 0 rings (SSSR count). The van der Waals surface area contributed by atoms with Gasteiger partial charge in [-0.05, 0) is 130 Å². The van der Waals surface area contributed by atoms with Gasteiger partial charge in [0.15, 0.2) is 0 Å². The molecular weight excluding hydrogens is 720 g/mol. The molecule has 19 nitrogen and oxygen atoms in total. The molecule has 0 aliphatic rings. The van der Waals surface area contributed by atoms with E-state index < -0.39 is 70.4 Å². The number of amides is 6. The summed E-state index contributed by atoms with van der Waals surface area (Å²) in [5, 5.41) is 15.0. The molecule has 1 unspecified atom stereocenters. The second kappa shape index (κ2) is 21.9. The number of rotatable bonds is 11. The third-order valence-electron chi connectivity index (χ3n) is 5.56. The van der Waals surface area contributed by atoms with Crippen LogP contribution in [-0.4, -0.2) is 102 Å². The number of nitrogens with zero attached hydrogens (tertiary/aromatic N) is 2. The lowest BCUT2D eigenvalue weighted by atomic mass is 10.1. The number of aliphatic imine (C=N–C) groups is 2. The Kier molecular flexibility index (Phi) is 20.0. The molecule has 0 spiro atoms. The first-order valence-corrected chi connectivity index (χ1v) is 18.2. The van der Waals surface area contributed by atoms with Gasteiger partial charge in [0, 0.05) is 19.6 Å². The van der Waals surface area contributed by atoms with Gasteiger partial charge in [-0.15, -0.1) is 0 Å². The van der Waals surface area contributed by atoms with Crippen LogP contribution in [0.1, 0.15) is 130 Å². The Morgan fingerprint density at radius 3 is 1.09 bits per heavy atom. The van der Waals surface area contributed by atoms with Gasteiger partial charge >= 0.3 is 30.5 Å². The number of alkyl carbamates (subject to hydrolysis) is 5. The number of carbonyl (C=O) groups is 6. The molecule has 1 atom stereocenters. The second-order valence-electron chi connectivity index (χ2n) is 17.3. The van der Waals surface area contributed by atoms with Gasteiger partial charge in [0.05, 0.1) is 0 Å². The Morgan fingerprint density at radius 2 is 0.764 bits per heavy atom. The Hall–Kier alpha value is -4.84. The zero-order valence-corrected chi connectivity index (χ0v) is 35.4. The quantitative estimate of drug-likeness (QED) is 0.0673. The molecule has 0 bridgehead atoms. The van der Waals surface area contributed by atoms with Crippen LogP contribution in [0.5, 0.6) is 0 Å². The van der Waals surface area contributed by atoms with Crippen molar-refractivity contribution in [3.05, 3.63) is 0 Å². The summed E-state index contributed by atoms with van der Waals surface area (Å²) in [5.74, 6) is -0.878. The van der Waals surface area contributed by atoms with Crippen LogP contribution in [0.3, 0.4) is 0 Å². The lowest BCUT2D eigenvalue weighted by molar-refractivity contribution is -0.123. The molecule has 0 saturated carbocycles. The first-order chi connectivity index (χ1) is 24.8. The topological polar surface area (TPSA) is 245 Å². The fraction of sp³-hybridized carbons (Fsp3) is 0.778. The molecule has 0 saturated heterocycles. The predicted octanol–water partition coefficient (Wildman–Crippen LogP) is 5.37. The third-order valence-corrected chi connectivity index (χ3v) is 5.56. The highest BCUT2D eigenvalue weighted by molar-refractivity contribution is 6.02. The van der Waals surface area contributed by atoms with Gasteiger partial charge in [-0.1, -0.05) is 0 Å². The van der Waals surface area contributed by atoms with Crippen LogP contribution in [0, 0.1) is 0 Å². The lowest BCUT2D eigenvalue weighted by Gasteiger charge is -2.23. The molecule has 6 amide bonds. The van der Waals surface area contributed by atoms with Crippen LogP contribution in [0.15, 0.2) is 9.98 Å². The van der Waals surface area contributed by atoms with E-state index in [2.05, 4.69) is 41.9 Å².